The van der Waals surface area contributed by atoms with Gasteiger partial charge in [-0.15, -0.1) is 0 Å². The average Bonchev–Trinajstić information content (AvgIpc) is 2.98. The lowest BCUT2D eigenvalue weighted by Gasteiger charge is -2.41. The molecule has 0 spiro atoms. The van der Waals surface area contributed by atoms with E-state index in [1.54, 1.807) is 0 Å². The lowest BCUT2D eigenvalue weighted by molar-refractivity contribution is -0.136. The number of carbonyl (C=O) groups excluding carboxylic acids is 1. The van der Waals surface area contributed by atoms with Crippen LogP contribution in [0, 0.1) is 11.2 Å². The van der Waals surface area contributed by atoms with Gasteiger partial charge >= 0.3 is 0 Å². The second-order valence-corrected chi connectivity index (χ2v) is 7.87. The number of rotatable bonds is 3. The topological polar surface area (TPSA) is 75.7 Å². The molecule has 8 heteroatoms. The number of sulfonamides is 1. The largest absolute Gasteiger partial charge is 0.377 e. The molecule has 1 aromatic rings. The number of ether oxygens (including phenoxy) is 1. The lowest BCUT2D eigenvalue weighted by Crippen LogP contribution is -2.57. The molecule has 1 amide bonds. The standard InChI is InChI=1S/C15H19FN2O4S/c1-17-14(19)15-6-8-22-13(15)5-7-18(10-15)23(20,21)12-4-2-3-11(16)9-12/h2-4,9,13H,5-8,10H2,1H3,(H,17,19)/t13-,15-/m0/s1. The quantitative estimate of drug-likeness (QED) is 0.879. The highest BCUT2D eigenvalue weighted by atomic mass is 32.2. The molecule has 2 atom stereocenters. The zero-order valence-electron chi connectivity index (χ0n) is 12.8. The van der Waals surface area contributed by atoms with Crippen molar-refractivity contribution in [2.45, 2.75) is 23.8 Å². The number of fused-ring (bicyclic) bond motifs is 1. The average molecular weight is 342 g/mol. The first-order valence-electron chi connectivity index (χ1n) is 7.50. The van der Waals surface area contributed by atoms with E-state index in [1.807, 2.05) is 0 Å². The fraction of sp³-hybridized carbons (Fsp3) is 0.533. The Bertz CT molecular complexity index is 724. The van der Waals surface area contributed by atoms with Crippen LogP contribution in [-0.4, -0.2) is 51.5 Å². The second-order valence-electron chi connectivity index (χ2n) is 5.93. The van der Waals surface area contributed by atoms with Crippen LogP contribution in [0.5, 0.6) is 0 Å². The highest BCUT2D eigenvalue weighted by Gasteiger charge is 2.54. The monoisotopic (exact) mass is 342 g/mol. The van der Waals surface area contributed by atoms with Crippen molar-refractivity contribution < 1.29 is 22.3 Å². The molecule has 0 aliphatic carbocycles. The summed E-state index contributed by atoms with van der Waals surface area (Å²) < 4.78 is 45.8. The highest BCUT2D eigenvalue weighted by molar-refractivity contribution is 7.89. The summed E-state index contributed by atoms with van der Waals surface area (Å²) in [4.78, 5) is 12.3. The van der Waals surface area contributed by atoms with Crippen LogP contribution >= 0.6 is 0 Å². The van der Waals surface area contributed by atoms with Gasteiger partial charge in [0.15, 0.2) is 0 Å². The molecule has 126 valence electrons. The predicted octanol–water partition coefficient (Wildman–Crippen LogP) is 0.741. The van der Waals surface area contributed by atoms with Crippen molar-refractivity contribution in [2.24, 2.45) is 5.41 Å². The first-order valence-corrected chi connectivity index (χ1v) is 8.94. The minimum absolute atomic E-state index is 0.0518. The third-order valence-corrected chi connectivity index (χ3v) is 6.54. The van der Waals surface area contributed by atoms with Crippen LogP contribution in [-0.2, 0) is 19.6 Å². The molecular formula is C15H19FN2O4S. The maximum Gasteiger partial charge on any atom is 0.243 e. The Morgan fingerprint density at radius 3 is 2.96 bits per heavy atom. The van der Waals surface area contributed by atoms with E-state index < -0.39 is 21.3 Å². The van der Waals surface area contributed by atoms with Crippen molar-refractivity contribution in [1.29, 1.82) is 0 Å². The van der Waals surface area contributed by atoms with Crippen LogP contribution in [0.4, 0.5) is 4.39 Å². The first-order chi connectivity index (χ1) is 10.9. The molecule has 0 unspecified atom stereocenters. The Kier molecular flexibility index (Phi) is 4.16. The smallest absolute Gasteiger partial charge is 0.243 e. The number of amides is 1. The summed E-state index contributed by atoms with van der Waals surface area (Å²) in [6.45, 7) is 0.740. The molecule has 6 nitrogen and oxygen atoms in total. The zero-order chi connectivity index (χ0) is 16.7. The Morgan fingerprint density at radius 1 is 1.48 bits per heavy atom. The number of nitrogens with one attached hydrogen (secondary N) is 1. The predicted molar refractivity (Wildman–Crippen MR) is 80.6 cm³/mol. The first kappa shape index (κ1) is 16.4. The number of halogens is 1. The summed E-state index contributed by atoms with van der Waals surface area (Å²) in [5.74, 6) is -0.815. The molecule has 2 saturated heterocycles. The van der Waals surface area contributed by atoms with Crippen molar-refractivity contribution in [3.05, 3.63) is 30.1 Å². The van der Waals surface area contributed by atoms with Gasteiger partial charge in [-0.3, -0.25) is 4.79 Å². The second kappa shape index (κ2) is 5.85. The van der Waals surface area contributed by atoms with Crippen LogP contribution in [0.2, 0.25) is 0 Å². The Labute approximate surface area is 134 Å². The van der Waals surface area contributed by atoms with E-state index >= 15 is 0 Å². The van der Waals surface area contributed by atoms with Gasteiger partial charge in [-0.1, -0.05) is 6.07 Å². The van der Waals surface area contributed by atoms with Crippen LogP contribution in [0.1, 0.15) is 12.8 Å². The molecule has 2 aliphatic heterocycles. The van der Waals surface area contributed by atoms with E-state index in [0.29, 0.717) is 19.4 Å². The van der Waals surface area contributed by atoms with E-state index in [4.69, 9.17) is 4.74 Å². The van der Waals surface area contributed by atoms with Crippen LogP contribution in [0.25, 0.3) is 0 Å². The maximum atomic E-state index is 13.4. The number of hydrogen-bond donors (Lipinski definition) is 1. The molecule has 2 aliphatic rings. The van der Waals surface area contributed by atoms with Crippen molar-refractivity contribution in [3.63, 3.8) is 0 Å². The molecule has 2 heterocycles. The third kappa shape index (κ3) is 2.64. The van der Waals surface area contributed by atoms with E-state index in [9.17, 15) is 17.6 Å². The highest BCUT2D eigenvalue weighted by Crippen LogP contribution is 2.42. The minimum atomic E-state index is -3.85. The minimum Gasteiger partial charge on any atom is -0.377 e. The molecule has 0 saturated carbocycles. The van der Waals surface area contributed by atoms with Crippen LogP contribution < -0.4 is 5.32 Å². The Hall–Kier alpha value is -1.51. The SMILES string of the molecule is CNC(=O)[C@]12CCO[C@H]1CCN(S(=O)(=O)c1cccc(F)c1)C2. The molecule has 0 aromatic heterocycles. The summed E-state index contributed by atoms with van der Waals surface area (Å²) in [7, 11) is -2.31. The van der Waals surface area contributed by atoms with Gasteiger partial charge in [-0.2, -0.15) is 4.31 Å². The molecule has 0 radical (unpaired) electrons. The van der Waals surface area contributed by atoms with Crippen molar-refractivity contribution >= 4 is 15.9 Å². The van der Waals surface area contributed by atoms with Gasteiger partial charge in [0.25, 0.3) is 0 Å². The summed E-state index contributed by atoms with van der Waals surface area (Å²) in [6, 6.07) is 4.92. The molecule has 2 fully saturated rings. The van der Waals surface area contributed by atoms with Crippen molar-refractivity contribution in [2.75, 3.05) is 26.7 Å². The number of carbonyl (C=O) groups is 1. The molecule has 1 N–H and O–H groups in total. The fourth-order valence-electron chi connectivity index (χ4n) is 3.46. The van der Waals surface area contributed by atoms with Crippen LogP contribution in [0.15, 0.2) is 29.2 Å². The number of nitrogens with zero attached hydrogens (tertiary/aromatic N) is 1. The number of hydrogen-bond acceptors (Lipinski definition) is 4. The van der Waals surface area contributed by atoms with Gasteiger partial charge in [0.2, 0.25) is 15.9 Å². The van der Waals surface area contributed by atoms with Crippen molar-refractivity contribution in [1.82, 2.24) is 9.62 Å². The van der Waals surface area contributed by atoms with E-state index in [2.05, 4.69) is 5.32 Å². The van der Waals surface area contributed by atoms with E-state index in [-0.39, 0.29) is 30.0 Å². The lowest BCUT2D eigenvalue weighted by atomic mass is 9.76. The zero-order valence-corrected chi connectivity index (χ0v) is 13.6. The molecule has 3 rings (SSSR count). The van der Waals surface area contributed by atoms with Gasteiger partial charge in [-0.05, 0) is 31.0 Å². The molecular weight excluding hydrogens is 323 g/mol. The van der Waals surface area contributed by atoms with Crippen molar-refractivity contribution in [3.8, 4) is 0 Å². The summed E-state index contributed by atoms with van der Waals surface area (Å²) in [6.07, 6.45) is 0.649. The summed E-state index contributed by atoms with van der Waals surface area (Å²) in [5, 5.41) is 2.62. The van der Waals surface area contributed by atoms with Gasteiger partial charge in [0.05, 0.1) is 16.4 Å². The fourth-order valence-corrected chi connectivity index (χ4v) is 5.02. The number of piperidine rings is 1. The normalized spacial score (nSPS) is 28.3. The van der Waals surface area contributed by atoms with Gasteiger partial charge in [0.1, 0.15) is 5.82 Å². The Morgan fingerprint density at radius 2 is 2.26 bits per heavy atom. The van der Waals surface area contributed by atoms with Gasteiger partial charge < -0.3 is 10.1 Å². The number of benzene rings is 1. The van der Waals surface area contributed by atoms with Crippen LogP contribution in [0.3, 0.4) is 0 Å². The van der Waals surface area contributed by atoms with Gasteiger partial charge in [0, 0.05) is 26.7 Å². The molecule has 23 heavy (non-hydrogen) atoms. The summed E-state index contributed by atoms with van der Waals surface area (Å²) >= 11 is 0. The summed E-state index contributed by atoms with van der Waals surface area (Å²) in [5.41, 5.74) is -0.868. The molecule has 0 bridgehead atoms. The van der Waals surface area contributed by atoms with E-state index in [1.165, 1.54) is 29.6 Å². The van der Waals surface area contributed by atoms with E-state index in [0.717, 1.165) is 6.07 Å². The van der Waals surface area contributed by atoms with Gasteiger partial charge in [-0.25, -0.2) is 12.8 Å². The maximum absolute atomic E-state index is 13.4. The third-order valence-electron chi connectivity index (χ3n) is 4.70. The molecule has 1 aromatic carbocycles. The Balaban J connectivity index is 1.94.